The standard InChI is InChI=1S/C34H53NO4/c1-29(2)14-16-34(28(38)39)17-15-32(6)22(23(34)19-29)10-11-25-31(5)18-21(27(37)35-20-8-9-20)26(36)30(3,4)24(31)12-13-33(25,32)7/h10,20-21,23-26,36H,8-9,11-19H2,1-7H3,(H,35,37)(H,38,39)/t21-,23+,24+,25-,26+,31+,32-,33-,34+/m1/s1. The lowest BCUT2D eigenvalue weighted by Gasteiger charge is -2.71. The van der Waals surface area contributed by atoms with Crippen molar-refractivity contribution >= 4 is 11.9 Å². The van der Waals surface area contributed by atoms with Gasteiger partial charge in [-0.05, 0) is 115 Å². The van der Waals surface area contributed by atoms with E-state index in [1.54, 1.807) is 0 Å². The van der Waals surface area contributed by atoms with Crippen LogP contribution in [0.5, 0.6) is 0 Å². The van der Waals surface area contributed by atoms with E-state index in [-0.39, 0.29) is 44.8 Å². The fourth-order valence-electron chi connectivity index (χ4n) is 11.6. The third kappa shape index (κ3) is 3.66. The SMILES string of the molecule is CC1(C)CC[C@]2(C(=O)O)CC[C@]3(C)C(=CC[C@@H]4[C@@]5(C)C[C@@H](C(=O)NC6CC6)[C@H](O)C(C)(C)[C@@H]5CC[C@]43C)[C@@H]2C1. The van der Waals surface area contributed by atoms with Gasteiger partial charge in [0.1, 0.15) is 0 Å². The fourth-order valence-corrected chi connectivity index (χ4v) is 11.6. The van der Waals surface area contributed by atoms with Gasteiger partial charge in [0.25, 0.3) is 0 Å². The van der Waals surface area contributed by atoms with Gasteiger partial charge in [0.05, 0.1) is 17.4 Å². The average molecular weight is 540 g/mol. The summed E-state index contributed by atoms with van der Waals surface area (Å²) >= 11 is 0. The van der Waals surface area contributed by atoms with Crippen LogP contribution in [0.1, 0.15) is 119 Å². The van der Waals surface area contributed by atoms with E-state index in [0.717, 1.165) is 70.6 Å². The van der Waals surface area contributed by atoms with Crippen molar-refractivity contribution in [3.05, 3.63) is 11.6 Å². The zero-order valence-electron chi connectivity index (χ0n) is 25.5. The number of fused-ring (bicyclic) bond motifs is 7. The first-order chi connectivity index (χ1) is 18.0. The molecule has 218 valence electrons. The number of hydrogen-bond acceptors (Lipinski definition) is 3. The number of carboxylic acid groups (broad SMARTS) is 1. The van der Waals surface area contributed by atoms with Crippen LogP contribution >= 0.6 is 0 Å². The molecule has 0 aliphatic heterocycles. The predicted octanol–water partition coefficient (Wildman–Crippen LogP) is 6.74. The van der Waals surface area contributed by atoms with E-state index >= 15 is 0 Å². The zero-order chi connectivity index (χ0) is 28.4. The predicted molar refractivity (Wildman–Crippen MR) is 153 cm³/mol. The van der Waals surface area contributed by atoms with E-state index in [4.69, 9.17) is 0 Å². The Kier molecular flexibility index (Phi) is 5.95. The molecule has 5 heteroatoms. The van der Waals surface area contributed by atoms with Crippen LogP contribution in [-0.4, -0.2) is 34.2 Å². The van der Waals surface area contributed by atoms with Gasteiger partial charge >= 0.3 is 5.97 Å². The van der Waals surface area contributed by atoms with Crippen LogP contribution in [0, 0.1) is 56.2 Å². The van der Waals surface area contributed by atoms with Gasteiger partial charge in [0, 0.05) is 6.04 Å². The van der Waals surface area contributed by atoms with Crippen LogP contribution in [-0.2, 0) is 9.59 Å². The molecule has 1 amide bonds. The summed E-state index contributed by atoms with van der Waals surface area (Å²) in [5, 5.41) is 25.4. The highest BCUT2D eigenvalue weighted by Crippen LogP contribution is 2.76. The lowest BCUT2D eigenvalue weighted by atomic mass is 9.33. The third-order valence-electron chi connectivity index (χ3n) is 14.3. The number of hydrogen-bond donors (Lipinski definition) is 3. The Morgan fingerprint density at radius 3 is 2.18 bits per heavy atom. The Morgan fingerprint density at radius 2 is 1.54 bits per heavy atom. The van der Waals surface area contributed by atoms with Crippen molar-refractivity contribution in [2.24, 2.45) is 56.2 Å². The number of allylic oxidation sites excluding steroid dienone is 2. The molecule has 0 radical (unpaired) electrons. The quantitative estimate of drug-likeness (QED) is 0.347. The van der Waals surface area contributed by atoms with Crippen molar-refractivity contribution in [2.75, 3.05) is 0 Å². The van der Waals surface area contributed by atoms with E-state index in [1.165, 1.54) is 5.57 Å². The normalized spacial score (nSPS) is 49.8. The summed E-state index contributed by atoms with van der Waals surface area (Å²) in [6.07, 6.45) is 12.3. The number of nitrogens with one attached hydrogen (secondary N) is 1. The van der Waals surface area contributed by atoms with Crippen molar-refractivity contribution in [3.8, 4) is 0 Å². The minimum absolute atomic E-state index is 0.0348. The molecule has 39 heavy (non-hydrogen) atoms. The highest BCUT2D eigenvalue weighted by Gasteiger charge is 2.70. The maximum atomic E-state index is 13.5. The van der Waals surface area contributed by atoms with Gasteiger partial charge < -0.3 is 15.5 Å². The summed E-state index contributed by atoms with van der Waals surface area (Å²) in [5.74, 6) is -0.0144. The molecule has 0 aromatic heterocycles. The molecule has 5 fully saturated rings. The number of carbonyl (C=O) groups excluding carboxylic acids is 1. The van der Waals surface area contributed by atoms with Crippen LogP contribution in [0.2, 0.25) is 0 Å². The highest BCUT2D eigenvalue weighted by molar-refractivity contribution is 5.80. The Morgan fingerprint density at radius 1 is 0.872 bits per heavy atom. The fraction of sp³-hybridized carbons (Fsp3) is 0.882. The number of carbonyl (C=O) groups is 2. The Balaban J connectivity index is 1.41. The molecule has 0 aromatic carbocycles. The number of aliphatic hydroxyl groups excluding tert-OH is 1. The molecule has 5 saturated carbocycles. The Bertz CT molecular complexity index is 1100. The summed E-state index contributed by atoms with van der Waals surface area (Å²) in [5.41, 5.74) is 0.618. The highest BCUT2D eigenvalue weighted by atomic mass is 16.4. The smallest absolute Gasteiger partial charge is 0.310 e. The Labute approximate surface area is 236 Å². The molecule has 6 aliphatic rings. The molecule has 0 aromatic rings. The molecule has 9 atom stereocenters. The zero-order valence-corrected chi connectivity index (χ0v) is 25.5. The molecule has 5 nitrogen and oxygen atoms in total. The van der Waals surface area contributed by atoms with E-state index < -0.39 is 17.5 Å². The third-order valence-corrected chi connectivity index (χ3v) is 14.3. The van der Waals surface area contributed by atoms with Crippen molar-refractivity contribution in [3.63, 3.8) is 0 Å². The molecule has 6 rings (SSSR count). The number of aliphatic hydroxyl groups is 1. The molecule has 3 N–H and O–H groups in total. The van der Waals surface area contributed by atoms with E-state index in [9.17, 15) is 19.8 Å². The van der Waals surface area contributed by atoms with Crippen molar-refractivity contribution in [1.29, 1.82) is 0 Å². The van der Waals surface area contributed by atoms with Crippen LogP contribution in [0.4, 0.5) is 0 Å². The number of carboxylic acids is 1. The van der Waals surface area contributed by atoms with Gasteiger partial charge in [-0.15, -0.1) is 0 Å². The van der Waals surface area contributed by atoms with Gasteiger partial charge in [-0.3, -0.25) is 9.59 Å². The molecule has 0 unspecified atom stereocenters. The minimum atomic E-state index is -0.626. The summed E-state index contributed by atoms with van der Waals surface area (Å²) in [6, 6.07) is 0.297. The second kappa shape index (κ2) is 8.35. The van der Waals surface area contributed by atoms with Crippen LogP contribution < -0.4 is 5.32 Å². The van der Waals surface area contributed by atoms with E-state index in [2.05, 4.69) is 59.9 Å². The second-order valence-electron chi connectivity index (χ2n) is 17.0. The average Bonchev–Trinajstić information content (AvgIpc) is 3.65. The monoisotopic (exact) mass is 539 g/mol. The van der Waals surface area contributed by atoms with E-state index in [0.29, 0.717) is 17.9 Å². The van der Waals surface area contributed by atoms with Crippen LogP contribution in [0.25, 0.3) is 0 Å². The second-order valence-corrected chi connectivity index (χ2v) is 17.0. The lowest BCUT2D eigenvalue weighted by Crippen LogP contribution is -2.67. The first kappa shape index (κ1) is 27.8. The topological polar surface area (TPSA) is 86.6 Å². The van der Waals surface area contributed by atoms with Crippen LogP contribution in [0.3, 0.4) is 0 Å². The molecule has 6 aliphatic carbocycles. The number of rotatable bonds is 3. The van der Waals surface area contributed by atoms with Crippen molar-refractivity contribution in [2.45, 2.75) is 131 Å². The summed E-state index contributed by atoms with van der Waals surface area (Å²) in [6.45, 7) is 16.5. The van der Waals surface area contributed by atoms with Crippen molar-refractivity contribution < 1.29 is 19.8 Å². The summed E-state index contributed by atoms with van der Waals surface area (Å²) < 4.78 is 0. The molecule has 0 saturated heterocycles. The largest absolute Gasteiger partial charge is 0.481 e. The van der Waals surface area contributed by atoms with Gasteiger partial charge in [0.15, 0.2) is 0 Å². The Hall–Kier alpha value is -1.36. The van der Waals surface area contributed by atoms with E-state index in [1.807, 2.05) is 0 Å². The van der Waals surface area contributed by atoms with Gasteiger partial charge in [-0.1, -0.05) is 60.1 Å². The molecule has 0 heterocycles. The first-order valence-electron chi connectivity index (χ1n) is 15.9. The summed E-state index contributed by atoms with van der Waals surface area (Å²) in [7, 11) is 0. The van der Waals surface area contributed by atoms with Gasteiger partial charge in [0.2, 0.25) is 5.91 Å². The maximum Gasteiger partial charge on any atom is 0.310 e. The minimum Gasteiger partial charge on any atom is -0.481 e. The first-order valence-corrected chi connectivity index (χ1v) is 15.9. The van der Waals surface area contributed by atoms with Gasteiger partial charge in [-0.2, -0.15) is 0 Å². The summed E-state index contributed by atoms with van der Waals surface area (Å²) in [4.78, 5) is 26.4. The van der Waals surface area contributed by atoms with Gasteiger partial charge in [-0.25, -0.2) is 0 Å². The number of amides is 1. The molecule has 0 spiro atoms. The number of aliphatic carboxylic acids is 1. The van der Waals surface area contributed by atoms with Crippen molar-refractivity contribution in [1.82, 2.24) is 5.32 Å². The molecular formula is C34H53NO4. The molecular weight excluding hydrogens is 486 g/mol. The molecule has 0 bridgehead atoms. The lowest BCUT2D eigenvalue weighted by molar-refractivity contribution is -0.219. The maximum absolute atomic E-state index is 13.5. The van der Waals surface area contributed by atoms with Crippen LogP contribution in [0.15, 0.2) is 11.6 Å².